The topological polar surface area (TPSA) is 83.4 Å². The van der Waals surface area contributed by atoms with Gasteiger partial charge in [0.2, 0.25) is 5.91 Å². The van der Waals surface area contributed by atoms with E-state index in [4.69, 9.17) is 11.6 Å². The van der Waals surface area contributed by atoms with Gasteiger partial charge < -0.3 is 15.1 Å². The number of hydrogen-bond donors (Lipinski definition) is 1. The molecule has 216 valence electrons. The largest absolute Gasteiger partial charge is 0.363 e. The molecule has 0 fully saturated rings. The molecular weight excluding hydrogens is 562 g/mol. The van der Waals surface area contributed by atoms with Crippen LogP contribution in [0.2, 0.25) is 5.02 Å². The zero-order chi connectivity index (χ0) is 30.0. The van der Waals surface area contributed by atoms with Gasteiger partial charge in [-0.3, -0.25) is 9.59 Å². The number of hydrogen-bond acceptors (Lipinski definition) is 5. The molecule has 42 heavy (non-hydrogen) atoms. The van der Waals surface area contributed by atoms with Crippen molar-refractivity contribution in [3.63, 3.8) is 0 Å². The highest BCUT2D eigenvalue weighted by atomic mass is 35.5. The molecule has 1 aliphatic heterocycles. The molecule has 2 amide bonds. The van der Waals surface area contributed by atoms with Gasteiger partial charge in [0.15, 0.2) is 0 Å². The van der Waals surface area contributed by atoms with E-state index in [1.807, 2.05) is 44.1 Å². The van der Waals surface area contributed by atoms with E-state index >= 15 is 8.78 Å². The second-order valence-corrected chi connectivity index (χ2v) is 10.6. The number of amides is 2. The van der Waals surface area contributed by atoms with Gasteiger partial charge in [0.05, 0.1) is 39.9 Å². The quantitative estimate of drug-likeness (QED) is 0.292. The minimum absolute atomic E-state index is 0.0642. The first-order valence-electron chi connectivity index (χ1n) is 13.3. The Hall–Kier alpha value is -4.57. The fraction of sp³-hybridized carbons (Fsp3) is 0.226. The molecule has 0 unspecified atom stereocenters. The zero-order valence-corrected chi connectivity index (χ0v) is 24.1. The number of nitrogens with zero attached hydrogens (tertiary/aromatic N) is 5. The molecule has 0 radical (unpaired) electrons. The Bertz CT molecular complexity index is 1680. The number of carbonyl (C=O) groups is 2. The maximum absolute atomic E-state index is 15.6. The van der Waals surface area contributed by atoms with E-state index in [9.17, 15) is 9.59 Å². The average Bonchev–Trinajstić information content (AvgIpc) is 3.37. The highest BCUT2D eigenvalue weighted by Gasteiger charge is 2.41. The van der Waals surface area contributed by atoms with Crippen LogP contribution in [0.4, 0.5) is 20.3 Å². The van der Waals surface area contributed by atoms with Crippen molar-refractivity contribution in [1.29, 1.82) is 0 Å². The molecule has 2 aromatic heterocycles. The molecule has 11 heteroatoms. The number of aromatic nitrogens is 3. The summed E-state index contributed by atoms with van der Waals surface area (Å²) in [4.78, 5) is 34.2. The number of benzene rings is 2. The van der Waals surface area contributed by atoms with E-state index in [0.717, 1.165) is 11.8 Å². The van der Waals surface area contributed by atoms with Crippen LogP contribution in [0.1, 0.15) is 33.7 Å². The summed E-state index contributed by atoms with van der Waals surface area (Å²) in [6.45, 7) is 1.64. The molecule has 2 aromatic carbocycles. The lowest BCUT2D eigenvalue weighted by Crippen LogP contribution is -2.33. The molecule has 3 heterocycles. The minimum Gasteiger partial charge on any atom is -0.363 e. The van der Waals surface area contributed by atoms with Crippen molar-refractivity contribution in [2.45, 2.75) is 25.8 Å². The van der Waals surface area contributed by atoms with Gasteiger partial charge in [0.1, 0.15) is 5.82 Å². The number of halogens is 3. The first kappa shape index (κ1) is 28.9. The summed E-state index contributed by atoms with van der Waals surface area (Å²) in [5.41, 5.74) is 2.13. The van der Waals surface area contributed by atoms with Crippen molar-refractivity contribution in [2.75, 3.05) is 30.4 Å². The fourth-order valence-corrected chi connectivity index (χ4v) is 4.99. The normalized spacial score (nSPS) is 15.2. The Morgan fingerprint density at radius 2 is 1.88 bits per heavy atom. The number of anilines is 2. The number of carbonyl (C=O) groups excluding carboxylic acids is 2. The molecule has 0 bridgehead atoms. The maximum atomic E-state index is 15.6. The molecule has 1 aliphatic rings. The number of pyridine rings is 1. The Morgan fingerprint density at radius 1 is 1.10 bits per heavy atom. The third-order valence-electron chi connectivity index (χ3n) is 6.91. The van der Waals surface area contributed by atoms with Crippen LogP contribution in [-0.2, 0) is 11.3 Å². The summed E-state index contributed by atoms with van der Waals surface area (Å²) in [6.07, 6.45) is 2.01. The van der Waals surface area contributed by atoms with E-state index in [2.05, 4.69) is 15.4 Å². The number of rotatable bonds is 6. The van der Waals surface area contributed by atoms with E-state index < -0.39 is 29.7 Å². The summed E-state index contributed by atoms with van der Waals surface area (Å²) >= 11 is 6.53. The summed E-state index contributed by atoms with van der Waals surface area (Å²) < 4.78 is 32.8. The molecule has 0 atom stereocenters. The lowest BCUT2D eigenvalue weighted by atomic mass is 9.97. The summed E-state index contributed by atoms with van der Waals surface area (Å²) in [5, 5.41) is 7.17. The highest BCUT2D eigenvalue weighted by Crippen LogP contribution is 2.43. The first-order chi connectivity index (χ1) is 20.0. The van der Waals surface area contributed by atoms with Gasteiger partial charge >= 0.3 is 0 Å². The van der Waals surface area contributed by atoms with Gasteiger partial charge in [-0.1, -0.05) is 35.9 Å². The van der Waals surface area contributed by atoms with Crippen LogP contribution >= 0.6 is 11.6 Å². The smallest absolute Gasteiger partial charge is 0.275 e. The number of aryl methyl sites for hydroxylation is 1. The molecule has 0 aliphatic carbocycles. The molecule has 1 N–H and O–H groups in total. The molecule has 5 rings (SSSR count). The molecule has 0 spiro atoms. The number of alkyl halides is 2. The lowest BCUT2D eigenvalue weighted by molar-refractivity contribution is -0.116. The predicted octanol–water partition coefficient (Wildman–Crippen LogP) is 5.68. The van der Waals surface area contributed by atoms with E-state index in [0.29, 0.717) is 17.2 Å². The van der Waals surface area contributed by atoms with Gasteiger partial charge in [0, 0.05) is 50.5 Å². The minimum atomic E-state index is -3.38. The zero-order valence-electron chi connectivity index (χ0n) is 23.3. The first-order valence-corrected chi connectivity index (χ1v) is 13.7. The maximum Gasteiger partial charge on any atom is 0.275 e. The van der Waals surface area contributed by atoms with Gasteiger partial charge in [-0.2, -0.15) is 5.10 Å². The second kappa shape index (κ2) is 11.7. The number of fused-ring (bicyclic) bond motifs is 1. The van der Waals surface area contributed by atoms with E-state index in [-0.39, 0.29) is 34.9 Å². The Kier molecular flexibility index (Phi) is 8.08. The molecular formula is C31H29ClF2N6O2. The lowest BCUT2D eigenvalue weighted by Gasteiger charge is -2.23. The summed E-state index contributed by atoms with van der Waals surface area (Å²) in [5.74, 6) is -3.88. The van der Waals surface area contributed by atoms with Crippen molar-refractivity contribution in [3.05, 3.63) is 107 Å². The Balaban J connectivity index is 1.43. The molecule has 4 aromatic rings. The van der Waals surface area contributed by atoms with Crippen LogP contribution in [0, 0.1) is 6.92 Å². The monoisotopic (exact) mass is 590 g/mol. The SMILES string of the molecule is Cc1ccn(-c2ccc(C(=O)N3CCC(F)(F)/C(=C\C(=O)NCc4cccc(N(C)C)n4)c4ccccc43)c(Cl)c2)n1. The average molecular weight is 591 g/mol. The predicted molar refractivity (Wildman–Crippen MR) is 159 cm³/mol. The third kappa shape index (κ3) is 6.03. The van der Waals surface area contributed by atoms with Crippen molar-refractivity contribution >= 4 is 40.5 Å². The van der Waals surface area contributed by atoms with Crippen molar-refractivity contribution in [1.82, 2.24) is 20.1 Å². The third-order valence-corrected chi connectivity index (χ3v) is 7.23. The van der Waals surface area contributed by atoms with Crippen LogP contribution in [-0.4, -0.2) is 53.1 Å². The van der Waals surface area contributed by atoms with Crippen molar-refractivity contribution in [3.8, 4) is 5.69 Å². The van der Waals surface area contributed by atoms with Crippen molar-refractivity contribution < 1.29 is 18.4 Å². The fourth-order valence-electron chi connectivity index (χ4n) is 4.73. The molecule has 8 nitrogen and oxygen atoms in total. The molecule has 0 saturated carbocycles. The molecule has 0 saturated heterocycles. The van der Waals surface area contributed by atoms with Gasteiger partial charge in [-0.05, 0) is 49.4 Å². The number of para-hydroxylation sites is 1. The number of nitrogens with one attached hydrogen (secondary N) is 1. The van der Waals surface area contributed by atoms with E-state index in [1.165, 1.54) is 11.0 Å². The summed E-state index contributed by atoms with van der Waals surface area (Å²) in [7, 11) is 3.69. The summed E-state index contributed by atoms with van der Waals surface area (Å²) in [6, 6.07) is 18.4. The van der Waals surface area contributed by atoms with Crippen LogP contribution < -0.4 is 15.1 Å². The van der Waals surface area contributed by atoms with Gasteiger partial charge in [-0.15, -0.1) is 0 Å². The van der Waals surface area contributed by atoms with Crippen LogP contribution in [0.5, 0.6) is 0 Å². The van der Waals surface area contributed by atoms with E-state index in [1.54, 1.807) is 53.3 Å². The van der Waals surface area contributed by atoms with Crippen LogP contribution in [0.15, 0.2) is 79.0 Å². The standard InChI is InChI=1S/C31H29ClF2N6O2/c1-20-13-15-40(37-20)22-11-12-24(26(32)17-22)30(42)39-16-14-31(33,34)25(23-8-4-5-9-27(23)39)18-29(41)35-19-21-7-6-10-28(36-21)38(2)3/h4-13,15,17-18H,14,16,19H2,1-3H3,(H,35,41)/b25-18-. The Morgan fingerprint density at radius 3 is 2.60 bits per heavy atom. The second-order valence-electron chi connectivity index (χ2n) is 10.2. The van der Waals surface area contributed by atoms with Gasteiger partial charge in [0.25, 0.3) is 11.8 Å². The van der Waals surface area contributed by atoms with Crippen molar-refractivity contribution in [2.24, 2.45) is 0 Å². The van der Waals surface area contributed by atoms with Crippen LogP contribution in [0.25, 0.3) is 11.3 Å². The highest BCUT2D eigenvalue weighted by molar-refractivity contribution is 6.34. The Labute approximate surface area is 247 Å². The number of allylic oxidation sites excluding steroid dienone is 1. The van der Waals surface area contributed by atoms with Gasteiger partial charge in [-0.25, -0.2) is 18.4 Å². The van der Waals surface area contributed by atoms with Crippen LogP contribution in [0.3, 0.4) is 0 Å².